The predicted octanol–water partition coefficient (Wildman–Crippen LogP) is 3.59. The van der Waals surface area contributed by atoms with E-state index in [1.807, 2.05) is 25.2 Å². The van der Waals surface area contributed by atoms with Crippen molar-refractivity contribution >= 4 is 10.9 Å². The monoisotopic (exact) mass is 241 g/mol. The molecule has 1 aliphatic rings. The summed E-state index contributed by atoms with van der Waals surface area (Å²) in [6.45, 7) is 0. The first kappa shape index (κ1) is 11.5. The largest absolute Gasteiger partial charge is 0.311 e. The van der Waals surface area contributed by atoms with Crippen LogP contribution in [0.2, 0.25) is 0 Å². The van der Waals surface area contributed by atoms with Gasteiger partial charge in [0.2, 0.25) is 0 Å². The third-order valence-corrected chi connectivity index (χ3v) is 4.21. The smallest absolute Gasteiger partial charge is 0.254 e. The normalized spacial score (nSPS) is 17.2. The highest BCUT2D eigenvalue weighted by Crippen LogP contribution is 2.31. The molecular weight excluding hydrogens is 222 g/mol. The van der Waals surface area contributed by atoms with Crippen LogP contribution in [0.4, 0.5) is 0 Å². The number of rotatable bonds is 1. The van der Waals surface area contributed by atoms with Crippen molar-refractivity contribution in [2.75, 3.05) is 0 Å². The lowest BCUT2D eigenvalue weighted by molar-refractivity contribution is 0.440. The topological polar surface area (TPSA) is 22.0 Å². The van der Waals surface area contributed by atoms with Gasteiger partial charge in [0.05, 0.1) is 5.52 Å². The fourth-order valence-electron chi connectivity index (χ4n) is 3.15. The van der Waals surface area contributed by atoms with E-state index in [9.17, 15) is 4.79 Å². The molecule has 0 spiro atoms. The Bertz CT molecular complexity index is 621. The van der Waals surface area contributed by atoms with Crippen LogP contribution in [0.15, 0.2) is 35.1 Å². The van der Waals surface area contributed by atoms with Gasteiger partial charge in [-0.15, -0.1) is 0 Å². The van der Waals surface area contributed by atoms with Crippen LogP contribution in [0, 0.1) is 0 Å². The van der Waals surface area contributed by atoms with Crippen molar-refractivity contribution < 1.29 is 0 Å². The molecule has 0 unspecified atom stereocenters. The van der Waals surface area contributed by atoms with E-state index in [4.69, 9.17) is 0 Å². The molecule has 0 radical (unpaired) electrons. The van der Waals surface area contributed by atoms with E-state index in [-0.39, 0.29) is 5.56 Å². The standard InChI is InChI=1S/C16H19NO/c1-17-15-10-6-5-9-13(15)11-14(16(17)18)12-7-3-2-4-8-12/h5-6,9-12H,2-4,7-8H2,1H3. The lowest BCUT2D eigenvalue weighted by Crippen LogP contribution is -2.24. The van der Waals surface area contributed by atoms with Gasteiger partial charge in [0.25, 0.3) is 5.56 Å². The van der Waals surface area contributed by atoms with E-state index >= 15 is 0 Å². The van der Waals surface area contributed by atoms with Gasteiger partial charge >= 0.3 is 0 Å². The van der Waals surface area contributed by atoms with Gasteiger partial charge in [-0.1, -0.05) is 37.5 Å². The zero-order valence-corrected chi connectivity index (χ0v) is 10.9. The molecule has 0 saturated heterocycles. The van der Waals surface area contributed by atoms with E-state index in [2.05, 4.69) is 12.1 Å². The summed E-state index contributed by atoms with van der Waals surface area (Å²) in [5, 5.41) is 1.18. The Morgan fingerprint density at radius 1 is 1.11 bits per heavy atom. The molecule has 1 fully saturated rings. The van der Waals surface area contributed by atoms with Gasteiger partial charge in [-0.05, 0) is 36.3 Å². The summed E-state index contributed by atoms with van der Waals surface area (Å²) in [6, 6.07) is 10.3. The third kappa shape index (κ3) is 1.86. The summed E-state index contributed by atoms with van der Waals surface area (Å²) in [4.78, 5) is 12.4. The molecular formula is C16H19NO. The molecule has 1 saturated carbocycles. The fraction of sp³-hybridized carbons (Fsp3) is 0.438. The van der Waals surface area contributed by atoms with Gasteiger partial charge < -0.3 is 4.57 Å². The molecule has 1 aromatic heterocycles. The Morgan fingerprint density at radius 2 is 1.83 bits per heavy atom. The SMILES string of the molecule is Cn1c(=O)c(C2CCCCC2)cc2ccccc21. The average molecular weight is 241 g/mol. The number of aryl methyl sites for hydroxylation is 1. The predicted molar refractivity (Wildman–Crippen MR) is 75.0 cm³/mol. The lowest BCUT2D eigenvalue weighted by atomic mass is 9.84. The summed E-state index contributed by atoms with van der Waals surface area (Å²) >= 11 is 0. The number of nitrogens with zero attached hydrogens (tertiary/aromatic N) is 1. The van der Waals surface area contributed by atoms with Crippen LogP contribution in [0.3, 0.4) is 0 Å². The quantitative estimate of drug-likeness (QED) is 0.748. The summed E-state index contributed by atoms with van der Waals surface area (Å²) in [6.07, 6.45) is 6.20. The van der Waals surface area contributed by atoms with Gasteiger partial charge in [-0.25, -0.2) is 0 Å². The minimum Gasteiger partial charge on any atom is -0.311 e. The maximum Gasteiger partial charge on any atom is 0.254 e. The highest BCUT2D eigenvalue weighted by molar-refractivity contribution is 5.79. The second-order valence-corrected chi connectivity index (χ2v) is 5.36. The van der Waals surface area contributed by atoms with Crippen molar-refractivity contribution in [2.45, 2.75) is 38.0 Å². The first-order valence-corrected chi connectivity index (χ1v) is 6.86. The van der Waals surface area contributed by atoms with E-state index in [0.29, 0.717) is 5.92 Å². The van der Waals surface area contributed by atoms with E-state index in [1.165, 1.54) is 37.5 Å². The summed E-state index contributed by atoms with van der Waals surface area (Å²) in [7, 11) is 1.89. The highest BCUT2D eigenvalue weighted by atomic mass is 16.1. The summed E-state index contributed by atoms with van der Waals surface area (Å²) < 4.78 is 1.80. The number of aromatic nitrogens is 1. The molecule has 18 heavy (non-hydrogen) atoms. The molecule has 0 amide bonds. The van der Waals surface area contributed by atoms with Crippen molar-refractivity contribution in [1.29, 1.82) is 0 Å². The van der Waals surface area contributed by atoms with Crippen LogP contribution in [0.1, 0.15) is 43.6 Å². The van der Waals surface area contributed by atoms with Crippen LogP contribution < -0.4 is 5.56 Å². The Labute approximate surface area is 107 Å². The molecule has 2 heteroatoms. The van der Waals surface area contributed by atoms with Crippen molar-refractivity contribution in [2.24, 2.45) is 7.05 Å². The Hall–Kier alpha value is -1.57. The van der Waals surface area contributed by atoms with Crippen molar-refractivity contribution in [3.05, 3.63) is 46.2 Å². The van der Waals surface area contributed by atoms with Gasteiger partial charge in [-0.3, -0.25) is 4.79 Å². The van der Waals surface area contributed by atoms with Crippen LogP contribution in [0.5, 0.6) is 0 Å². The third-order valence-electron chi connectivity index (χ3n) is 4.21. The molecule has 94 valence electrons. The number of pyridine rings is 1. The van der Waals surface area contributed by atoms with Gasteiger partial charge in [0.15, 0.2) is 0 Å². The average Bonchev–Trinajstić information content (AvgIpc) is 2.44. The number of fused-ring (bicyclic) bond motifs is 1. The second-order valence-electron chi connectivity index (χ2n) is 5.36. The Kier molecular flexibility index (Phi) is 2.94. The maximum atomic E-state index is 12.4. The summed E-state index contributed by atoms with van der Waals surface area (Å²) in [5.74, 6) is 0.474. The number of hydrogen-bond acceptors (Lipinski definition) is 1. The first-order valence-electron chi connectivity index (χ1n) is 6.86. The van der Waals surface area contributed by atoms with Crippen LogP contribution in [-0.4, -0.2) is 4.57 Å². The van der Waals surface area contributed by atoms with Crippen LogP contribution >= 0.6 is 0 Å². The van der Waals surface area contributed by atoms with Crippen molar-refractivity contribution in [3.8, 4) is 0 Å². The molecule has 0 bridgehead atoms. The van der Waals surface area contributed by atoms with Crippen LogP contribution in [0.25, 0.3) is 10.9 Å². The molecule has 1 aliphatic carbocycles. The number of para-hydroxylation sites is 1. The van der Waals surface area contributed by atoms with Gasteiger partial charge in [0.1, 0.15) is 0 Å². The lowest BCUT2D eigenvalue weighted by Gasteiger charge is -2.22. The minimum atomic E-state index is 0.195. The first-order chi connectivity index (χ1) is 8.77. The minimum absolute atomic E-state index is 0.195. The van der Waals surface area contributed by atoms with Gasteiger partial charge in [-0.2, -0.15) is 0 Å². The van der Waals surface area contributed by atoms with E-state index < -0.39 is 0 Å². The Balaban J connectivity index is 2.17. The van der Waals surface area contributed by atoms with Crippen LogP contribution in [-0.2, 0) is 7.05 Å². The molecule has 0 N–H and O–H groups in total. The molecule has 2 aromatic rings. The van der Waals surface area contributed by atoms with Crippen molar-refractivity contribution in [3.63, 3.8) is 0 Å². The van der Waals surface area contributed by atoms with Crippen molar-refractivity contribution in [1.82, 2.24) is 4.57 Å². The number of hydrogen-bond donors (Lipinski definition) is 0. The Morgan fingerprint density at radius 3 is 2.61 bits per heavy atom. The number of benzene rings is 1. The maximum absolute atomic E-state index is 12.4. The highest BCUT2D eigenvalue weighted by Gasteiger charge is 2.19. The molecule has 3 rings (SSSR count). The molecule has 0 aliphatic heterocycles. The second kappa shape index (κ2) is 4.60. The molecule has 1 aromatic carbocycles. The van der Waals surface area contributed by atoms with E-state index in [0.717, 1.165) is 11.1 Å². The molecule has 2 nitrogen and oxygen atoms in total. The van der Waals surface area contributed by atoms with Gasteiger partial charge in [0, 0.05) is 12.6 Å². The van der Waals surface area contributed by atoms with E-state index in [1.54, 1.807) is 4.57 Å². The molecule has 0 atom stereocenters. The zero-order chi connectivity index (χ0) is 12.5. The fourth-order valence-corrected chi connectivity index (χ4v) is 3.15. The zero-order valence-electron chi connectivity index (χ0n) is 10.9. The molecule has 1 heterocycles. The summed E-state index contributed by atoms with van der Waals surface area (Å²) in [5.41, 5.74) is 2.25.